The number of rotatable bonds is 3. The normalized spacial score (nSPS) is 11.0. The summed E-state index contributed by atoms with van der Waals surface area (Å²) in [5, 5.41) is 10.0. The van der Waals surface area contributed by atoms with Gasteiger partial charge in [0.25, 0.3) is 0 Å². The van der Waals surface area contributed by atoms with Crippen molar-refractivity contribution in [2.24, 2.45) is 0 Å². The molecule has 2 aromatic carbocycles. The molecule has 0 fully saturated rings. The second-order valence-corrected chi connectivity index (χ2v) is 5.92. The Bertz CT molecular complexity index is 839. The highest BCUT2D eigenvalue weighted by Gasteiger charge is 2.15. The molecule has 0 unspecified atom stereocenters. The van der Waals surface area contributed by atoms with Crippen molar-refractivity contribution in [2.75, 3.05) is 0 Å². The van der Waals surface area contributed by atoms with Crippen LogP contribution in [-0.2, 0) is 0 Å². The molecule has 5 heteroatoms. The third-order valence-electron chi connectivity index (χ3n) is 3.26. The number of aromatic nitrogens is 2. The van der Waals surface area contributed by atoms with Gasteiger partial charge in [-0.3, -0.25) is 0 Å². The maximum atomic E-state index is 11.3. The van der Waals surface area contributed by atoms with Crippen molar-refractivity contribution >= 4 is 28.8 Å². The van der Waals surface area contributed by atoms with E-state index >= 15 is 0 Å². The predicted octanol–water partition coefficient (Wildman–Crippen LogP) is 4.03. The van der Waals surface area contributed by atoms with Gasteiger partial charge in [0.1, 0.15) is 0 Å². The Morgan fingerprint density at radius 2 is 2.05 bits per heavy atom. The number of nitrogens with zero attached hydrogens (tertiary/aromatic N) is 1. The summed E-state index contributed by atoms with van der Waals surface area (Å²) in [5.41, 5.74) is 4.23. The van der Waals surface area contributed by atoms with Crippen LogP contribution in [0.2, 0.25) is 0 Å². The molecule has 0 saturated heterocycles. The maximum Gasteiger partial charge on any atom is 0.336 e. The van der Waals surface area contributed by atoms with E-state index in [0.717, 1.165) is 27.1 Å². The molecular formula is C16H14N2O2S. The Kier molecular flexibility index (Phi) is 3.43. The molecule has 21 heavy (non-hydrogen) atoms. The zero-order valence-electron chi connectivity index (χ0n) is 11.7. The molecule has 0 atom stereocenters. The van der Waals surface area contributed by atoms with Crippen LogP contribution in [0.25, 0.3) is 11.0 Å². The van der Waals surface area contributed by atoms with Crippen LogP contribution in [0, 0.1) is 13.8 Å². The van der Waals surface area contributed by atoms with Crippen molar-refractivity contribution in [3.8, 4) is 0 Å². The Morgan fingerprint density at radius 3 is 2.81 bits per heavy atom. The van der Waals surface area contributed by atoms with E-state index in [-0.39, 0.29) is 0 Å². The number of benzene rings is 2. The lowest BCUT2D eigenvalue weighted by atomic mass is 10.1. The van der Waals surface area contributed by atoms with Crippen LogP contribution in [0.5, 0.6) is 0 Å². The fourth-order valence-electron chi connectivity index (χ4n) is 2.20. The second kappa shape index (κ2) is 5.26. The van der Waals surface area contributed by atoms with Gasteiger partial charge >= 0.3 is 5.97 Å². The minimum Gasteiger partial charge on any atom is -0.478 e. The van der Waals surface area contributed by atoms with Gasteiger partial charge in [-0.05, 0) is 43.2 Å². The van der Waals surface area contributed by atoms with Crippen molar-refractivity contribution in [2.45, 2.75) is 23.9 Å². The SMILES string of the molecule is Cc1ccc2nc(Sc3c(C)cccc3C(=O)O)[nH]c2c1. The molecule has 0 saturated carbocycles. The molecule has 0 amide bonds. The topological polar surface area (TPSA) is 66.0 Å². The fourth-order valence-corrected chi connectivity index (χ4v) is 3.19. The number of nitrogens with one attached hydrogen (secondary N) is 1. The number of aromatic carboxylic acids is 1. The van der Waals surface area contributed by atoms with Gasteiger partial charge < -0.3 is 10.1 Å². The van der Waals surface area contributed by atoms with Gasteiger partial charge in [0.2, 0.25) is 0 Å². The lowest BCUT2D eigenvalue weighted by Gasteiger charge is -2.07. The van der Waals surface area contributed by atoms with E-state index in [0.29, 0.717) is 10.7 Å². The predicted molar refractivity (Wildman–Crippen MR) is 83.1 cm³/mol. The lowest BCUT2D eigenvalue weighted by Crippen LogP contribution is -2.00. The summed E-state index contributed by atoms with van der Waals surface area (Å²) in [5.74, 6) is -0.923. The largest absolute Gasteiger partial charge is 0.478 e. The lowest BCUT2D eigenvalue weighted by molar-refractivity contribution is 0.0693. The van der Waals surface area contributed by atoms with Crippen LogP contribution in [0.15, 0.2) is 46.5 Å². The third-order valence-corrected chi connectivity index (χ3v) is 4.39. The first-order valence-corrected chi connectivity index (χ1v) is 7.33. The Labute approximate surface area is 126 Å². The van der Waals surface area contributed by atoms with Gasteiger partial charge in [-0.15, -0.1) is 0 Å². The van der Waals surface area contributed by atoms with E-state index in [4.69, 9.17) is 0 Å². The number of carboxylic acids is 1. The molecule has 0 radical (unpaired) electrons. The summed E-state index contributed by atoms with van der Waals surface area (Å²) in [6.07, 6.45) is 0. The van der Waals surface area contributed by atoms with Gasteiger partial charge in [0, 0.05) is 4.90 Å². The summed E-state index contributed by atoms with van der Waals surface area (Å²) in [4.78, 5) is 19.8. The molecular weight excluding hydrogens is 284 g/mol. The number of H-pyrrole nitrogens is 1. The quantitative estimate of drug-likeness (QED) is 0.766. The summed E-state index contributed by atoms with van der Waals surface area (Å²) in [6.45, 7) is 3.93. The molecule has 1 heterocycles. The number of aryl methyl sites for hydroxylation is 2. The van der Waals surface area contributed by atoms with E-state index < -0.39 is 5.97 Å². The van der Waals surface area contributed by atoms with Crippen LogP contribution < -0.4 is 0 Å². The highest BCUT2D eigenvalue weighted by atomic mass is 32.2. The van der Waals surface area contributed by atoms with E-state index in [1.807, 2.05) is 38.1 Å². The molecule has 3 rings (SSSR count). The highest BCUT2D eigenvalue weighted by Crippen LogP contribution is 2.32. The van der Waals surface area contributed by atoms with Crippen LogP contribution in [0.1, 0.15) is 21.5 Å². The van der Waals surface area contributed by atoms with Crippen LogP contribution in [-0.4, -0.2) is 21.0 Å². The molecule has 0 aliphatic rings. The Hall–Kier alpha value is -2.27. The molecule has 4 nitrogen and oxygen atoms in total. The standard InChI is InChI=1S/C16H14N2O2S/c1-9-6-7-12-13(8-9)18-16(17-12)21-14-10(2)4-3-5-11(14)15(19)20/h3-8H,1-2H3,(H,17,18)(H,19,20). The molecule has 2 N–H and O–H groups in total. The van der Waals surface area contributed by atoms with Crippen molar-refractivity contribution < 1.29 is 9.90 Å². The maximum absolute atomic E-state index is 11.3. The van der Waals surface area contributed by atoms with Crippen LogP contribution in [0.4, 0.5) is 0 Å². The first kappa shape index (κ1) is 13.7. The average Bonchev–Trinajstić information content (AvgIpc) is 2.82. The van der Waals surface area contributed by atoms with E-state index in [9.17, 15) is 9.90 Å². The van der Waals surface area contributed by atoms with Crippen molar-refractivity contribution in [3.05, 3.63) is 53.1 Å². The van der Waals surface area contributed by atoms with E-state index in [1.165, 1.54) is 11.8 Å². The minimum atomic E-state index is -0.923. The molecule has 0 spiro atoms. The number of imidazole rings is 1. The fraction of sp³-hybridized carbons (Fsp3) is 0.125. The second-order valence-electron chi connectivity index (χ2n) is 4.92. The molecule has 0 bridgehead atoms. The van der Waals surface area contributed by atoms with E-state index in [1.54, 1.807) is 12.1 Å². The monoisotopic (exact) mass is 298 g/mol. The number of carbonyl (C=O) groups is 1. The van der Waals surface area contributed by atoms with Crippen molar-refractivity contribution in [1.82, 2.24) is 9.97 Å². The van der Waals surface area contributed by atoms with Crippen LogP contribution in [0.3, 0.4) is 0 Å². The molecule has 3 aromatic rings. The minimum absolute atomic E-state index is 0.302. The molecule has 106 valence electrons. The number of fused-ring (bicyclic) bond motifs is 1. The van der Waals surface area contributed by atoms with Crippen molar-refractivity contribution in [1.29, 1.82) is 0 Å². The van der Waals surface area contributed by atoms with E-state index in [2.05, 4.69) is 9.97 Å². The molecule has 1 aromatic heterocycles. The third kappa shape index (κ3) is 2.64. The Morgan fingerprint density at radius 1 is 1.24 bits per heavy atom. The number of carboxylic acid groups (broad SMARTS) is 1. The highest BCUT2D eigenvalue weighted by molar-refractivity contribution is 7.99. The number of hydrogen-bond acceptors (Lipinski definition) is 3. The zero-order chi connectivity index (χ0) is 15.0. The summed E-state index contributed by atoms with van der Waals surface area (Å²) >= 11 is 1.35. The summed E-state index contributed by atoms with van der Waals surface area (Å²) < 4.78 is 0. The number of aromatic amines is 1. The zero-order valence-corrected chi connectivity index (χ0v) is 12.5. The van der Waals surface area contributed by atoms with Crippen LogP contribution >= 0.6 is 11.8 Å². The van der Waals surface area contributed by atoms with Gasteiger partial charge in [-0.25, -0.2) is 9.78 Å². The molecule has 0 aliphatic heterocycles. The van der Waals surface area contributed by atoms with Gasteiger partial charge in [0.15, 0.2) is 5.16 Å². The average molecular weight is 298 g/mol. The summed E-state index contributed by atoms with van der Waals surface area (Å²) in [7, 11) is 0. The first-order valence-electron chi connectivity index (χ1n) is 6.52. The van der Waals surface area contributed by atoms with Gasteiger partial charge in [0.05, 0.1) is 16.6 Å². The smallest absolute Gasteiger partial charge is 0.336 e. The number of hydrogen-bond donors (Lipinski definition) is 2. The Balaban J connectivity index is 2.04. The van der Waals surface area contributed by atoms with Gasteiger partial charge in [-0.1, -0.05) is 30.0 Å². The summed E-state index contributed by atoms with van der Waals surface area (Å²) in [6, 6.07) is 11.3. The van der Waals surface area contributed by atoms with Gasteiger partial charge in [-0.2, -0.15) is 0 Å². The van der Waals surface area contributed by atoms with Crippen molar-refractivity contribution in [3.63, 3.8) is 0 Å². The molecule has 0 aliphatic carbocycles. The first-order chi connectivity index (χ1) is 10.0.